The molecule has 8 heteroatoms. The van der Waals surface area contributed by atoms with E-state index in [9.17, 15) is 18.0 Å². The minimum atomic E-state index is -4.74. The van der Waals surface area contributed by atoms with E-state index >= 15 is 0 Å². The standard InChI is InChI=1S/C15H14F3N3O2/c1-23-8-10-4-2-3-9-6-21(7-11(9)10)12-5-19-20-14(22)13(12)15(16,17)18/h2-5H,6-8H2,1H3,(H,20,22). The number of rotatable bonds is 3. The summed E-state index contributed by atoms with van der Waals surface area (Å²) >= 11 is 0. The van der Waals surface area contributed by atoms with Gasteiger partial charge in [0.05, 0.1) is 18.5 Å². The molecular weight excluding hydrogens is 311 g/mol. The minimum Gasteiger partial charge on any atom is -0.380 e. The van der Waals surface area contributed by atoms with Crippen molar-refractivity contribution in [2.45, 2.75) is 25.9 Å². The normalized spacial score (nSPS) is 14.2. The van der Waals surface area contributed by atoms with Gasteiger partial charge < -0.3 is 9.64 Å². The third-order valence-electron chi connectivity index (χ3n) is 3.84. The molecule has 0 fully saturated rings. The first-order valence-electron chi connectivity index (χ1n) is 6.90. The number of H-pyrrole nitrogens is 1. The first-order valence-corrected chi connectivity index (χ1v) is 6.90. The quantitative estimate of drug-likeness (QED) is 0.942. The number of halogens is 3. The van der Waals surface area contributed by atoms with Crippen LogP contribution in [0.5, 0.6) is 0 Å². The van der Waals surface area contributed by atoms with Crippen LogP contribution in [0.3, 0.4) is 0 Å². The van der Waals surface area contributed by atoms with Crippen molar-refractivity contribution < 1.29 is 17.9 Å². The molecule has 0 atom stereocenters. The van der Waals surface area contributed by atoms with Crippen LogP contribution in [-0.4, -0.2) is 17.3 Å². The maximum atomic E-state index is 13.2. The number of aromatic amines is 1. The van der Waals surface area contributed by atoms with Crippen LogP contribution in [0.4, 0.5) is 18.9 Å². The van der Waals surface area contributed by atoms with Crippen molar-refractivity contribution in [3.63, 3.8) is 0 Å². The van der Waals surface area contributed by atoms with Gasteiger partial charge >= 0.3 is 6.18 Å². The van der Waals surface area contributed by atoms with E-state index in [0.29, 0.717) is 13.2 Å². The fourth-order valence-corrected chi connectivity index (χ4v) is 2.86. The molecule has 1 aromatic heterocycles. The van der Waals surface area contributed by atoms with Crippen LogP contribution in [0.25, 0.3) is 0 Å². The number of nitrogens with zero attached hydrogens (tertiary/aromatic N) is 2. The van der Waals surface area contributed by atoms with Gasteiger partial charge in [0.25, 0.3) is 5.56 Å². The zero-order valence-corrected chi connectivity index (χ0v) is 12.3. The molecule has 0 spiro atoms. The van der Waals surface area contributed by atoms with Gasteiger partial charge in [-0.25, -0.2) is 5.10 Å². The van der Waals surface area contributed by atoms with Gasteiger partial charge in [0.15, 0.2) is 0 Å². The maximum Gasteiger partial charge on any atom is 0.423 e. The maximum absolute atomic E-state index is 13.2. The topological polar surface area (TPSA) is 58.2 Å². The van der Waals surface area contributed by atoms with E-state index < -0.39 is 17.3 Å². The Labute approximate surface area is 129 Å². The minimum absolute atomic E-state index is 0.208. The van der Waals surface area contributed by atoms with E-state index in [1.54, 1.807) is 7.11 Å². The first-order chi connectivity index (χ1) is 10.9. The Balaban J connectivity index is 2.02. The fourth-order valence-electron chi connectivity index (χ4n) is 2.86. The highest BCUT2D eigenvalue weighted by Gasteiger charge is 2.39. The Morgan fingerprint density at radius 3 is 2.83 bits per heavy atom. The lowest BCUT2D eigenvalue weighted by Crippen LogP contribution is -2.28. The number of aromatic nitrogens is 2. The number of hydrogen-bond acceptors (Lipinski definition) is 4. The highest BCUT2D eigenvalue weighted by atomic mass is 19.4. The molecule has 0 saturated heterocycles. The molecule has 0 amide bonds. The molecule has 0 radical (unpaired) electrons. The van der Waals surface area contributed by atoms with Gasteiger partial charge in [-0.15, -0.1) is 0 Å². The van der Waals surface area contributed by atoms with Crippen molar-refractivity contribution in [3.05, 3.63) is 57.0 Å². The molecule has 23 heavy (non-hydrogen) atoms. The number of ether oxygens (including phenoxy) is 1. The van der Waals surface area contributed by atoms with Crippen LogP contribution in [0.2, 0.25) is 0 Å². The molecule has 1 N–H and O–H groups in total. The predicted molar refractivity (Wildman–Crippen MR) is 76.9 cm³/mol. The summed E-state index contributed by atoms with van der Waals surface area (Å²) < 4.78 is 44.7. The Kier molecular flexibility index (Phi) is 3.85. The monoisotopic (exact) mass is 325 g/mol. The van der Waals surface area contributed by atoms with Gasteiger partial charge in [-0.3, -0.25) is 4.79 Å². The largest absolute Gasteiger partial charge is 0.423 e. The van der Waals surface area contributed by atoms with Crippen molar-refractivity contribution in [1.29, 1.82) is 0 Å². The number of nitrogens with one attached hydrogen (secondary N) is 1. The molecule has 3 rings (SSSR count). The molecule has 1 aromatic carbocycles. The first kappa shape index (κ1) is 15.5. The molecule has 2 aromatic rings. The fraction of sp³-hybridized carbons (Fsp3) is 0.333. The van der Waals surface area contributed by atoms with E-state index in [4.69, 9.17) is 4.74 Å². The van der Waals surface area contributed by atoms with Crippen molar-refractivity contribution in [3.8, 4) is 0 Å². The Bertz CT molecular complexity index is 786. The van der Waals surface area contributed by atoms with Gasteiger partial charge in [0.2, 0.25) is 0 Å². The Morgan fingerprint density at radius 2 is 2.13 bits per heavy atom. The molecule has 0 unspecified atom stereocenters. The Morgan fingerprint density at radius 1 is 1.35 bits per heavy atom. The van der Waals surface area contributed by atoms with Crippen LogP contribution in [0.1, 0.15) is 22.3 Å². The van der Waals surface area contributed by atoms with Crippen LogP contribution < -0.4 is 10.5 Å². The number of alkyl halides is 3. The Hall–Kier alpha value is -2.35. The van der Waals surface area contributed by atoms with Crippen molar-refractivity contribution >= 4 is 5.69 Å². The lowest BCUT2D eigenvalue weighted by atomic mass is 10.0. The van der Waals surface area contributed by atoms with Gasteiger partial charge in [-0.2, -0.15) is 18.3 Å². The number of hydrogen-bond donors (Lipinski definition) is 1. The summed E-state index contributed by atoms with van der Waals surface area (Å²) in [6.07, 6.45) is -3.69. The van der Waals surface area contributed by atoms with Crippen molar-refractivity contribution in [2.24, 2.45) is 0 Å². The summed E-state index contributed by atoms with van der Waals surface area (Å²) in [6.45, 7) is 0.959. The number of fused-ring (bicyclic) bond motifs is 1. The van der Waals surface area contributed by atoms with E-state index in [1.165, 1.54) is 4.90 Å². The third kappa shape index (κ3) is 2.81. The average molecular weight is 325 g/mol. The smallest absolute Gasteiger partial charge is 0.380 e. The third-order valence-corrected chi connectivity index (χ3v) is 3.84. The zero-order chi connectivity index (χ0) is 16.6. The van der Waals surface area contributed by atoms with E-state index in [-0.39, 0.29) is 12.2 Å². The molecule has 0 aliphatic carbocycles. The van der Waals surface area contributed by atoms with Crippen LogP contribution in [-0.2, 0) is 30.6 Å². The second-order valence-electron chi connectivity index (χ2n) is 5.30. The zero-order valence-electron chi connectivity index (χ0n) is 12.3. The van der Waals surface area contributed by atoms with Crippen LogP contribution in [0, 0.1) is 0 Å². The van der Waals surface area contributed by atoms with Crippen LogP contribution in [0.15, 0.2) is 29.2 Å². The molecule has 2 heterocycles. The van der Waals surface area contributed by atoms with E-state index in [2.05, 4.69) is 5.10 Å². The molecule has 5 nitrogen and oxygen atoms in total. The highest BCUT2D eigenvalue weighted by Crippen LogP contribution is 2.37. The summed E-state index contributed by atoms with van der Waals surface area (Å²) in [5.41, 5.74) is 0.132. The summed E-state index contributed by atoms with van der Waals surface area (Å²) in [4.78, 5) is 13.1. The van der Waals surface area contributed by atoms with Gasteiger partial charge in [-0.1, -0.05) is 18.2 Å². The van der Waals surface area contributed by atoms with Crippen molar-refractivity contribution in [1.82, 2.24) is 10.2 Å². The van der Waals surface area contributed by atoms with Crippen molar-refractivity contribution in [2.75, 3.05) is 12.0 Å². The lowest BCUT2D eigenvalue weighted by molar-refractivity contribution is -0.138. The number of methoxy groups -OCH3 is 1. The second kappa shape index (κ2) is 5.69. The average Bonchev–Trinajstić information content (AvgIpc) is 2.91. The SMILES string of the molecule is COCc1cccc2c1CN(c1cn[nH]c(=O)c1C(F)(F)F)C2. The van der Waals surface area contributed by atoms with Gasteiger partial charge in [0.1, 0.15) is 5.56 Å². The lowest BCUT2D eigenvalue weighted by Gasteiger charge is -2.21. The van der Waals surface area contributed by atoms with E-state index in [1.807, 2.05) is 23.3 Å². The summed E-state index contributed by atoms with van der Waals surface area (Å²) in [6, 6.07) is 5.59. The molecular formula is C15H14F3N3O2. The summed E-state index contributed by atoms with van der Waals surface area (Å²) in [7, 11) is 1.56. The second-order valence-corrected chi connectivity index (χ2v) is 5.30. The van der Waals surface area contributed by atoms with Gasteiger partial charge in [0, 0.05) is 20.2 Å². The molecule has 1 aliphatic rings. The predicted octanol–water partition coefficient (Wildman–Crippen LogP) is 2.46. The number of anilines is 1. The molecule has 0 bridgehead atoms. The molecule has 0 saturated carbocycles. The summed E-state index contributed by atoms with van der Waals surface area (Å²) in [5, 5.41) is 5.37. The molecule has 1 aliphatic heterocycles. The summed E-state index contributed by atoms with van der Waals surface area (Å²) in [5.74, 6) is 0. The van der Waals surface area contributed by atoms with Crippen LogP contribution >= 0.6 is 0 Å². The molecule has 122 valence electrons. The van der Waals surface area contributed by atoms with E-state index in [0.717, 1.165) is 22.9 Å². The highest BCUT2D eigenvalue weighted by molar-refractivity contribution is 5.57. The number of benzene rings is 1. The van der Waals surface area contributed by atoms with Gasteiger partial charge in [-0.05, 0) is 16.7 Å².